The first kappa shape index (κ1) is 23.6. The molecule has 2 aromatic carbocycles. The summed E-state index contributed by atoms with van der Waals surface area (Å²) in [6, 6.07) is 14.2. The first-order chi connectivity index (χ1) is 14.6. The number of carboxylic acids is 1. The summed E-state index contributed by atoms with van der Waals surface area (Å²) in [6.07, 6.45) is -0.141. The van der Waals surface area contributed by atoms with Gasteiger partial charge in [0.2, 0.25) is 5.91 Å². The lowest BCUT2D eigenvalue weighted by atomic mass is 9.67. The highest BCUT2D eigenvalue weighted by Gasteiger charge is 2.47. The second-order valence-corrected chi connectivity index (χ2v) is 9.65. The zero-order chi connectivity index (χ0) is 22.8. The van der Waals surface area contributed by atoms with E-state index < -0.39 is 17.5 Å². The Bertz CT molecular complexity index is 949. The Morgan fingerprint density at radius 1 is 1.19 bits per heavy atom. The third-order valence-corrected chi connectivity index (χ3v) is 6.72. The van der Waals surface area contributed by atoms with E-state index in [0.29, 0.717) is 22.9 Å². The molecule has 0 saturated carbocycles. The van der Waals surface area contributed by atoms with Crippen molar-refractivity contribution in [2.75, 3.05) is 0 Å². The molecule has 1 amide bonds. The number of hydrogen-bond donors (Lipinski definition) is 3. The molecule has 5 nitrogen and oxygen atoms in total. The number of aliphatic hydroxyl groups is 1. The molecule has 166 valence electrons. The molecule has 0 spiro atoms. The molecule has 0 bridgehead atoms. The lowest BCUT2D eigenvalue weighted by molar-refractivity contribution is -0.147. The summed E-state index contributed by atoms with van der Waals surface area (Å²) in [5.41, 5.74) is 0.680. The molecular weight excluding hydrogens is 437 g/mol. The van der Waals surface area contributed by atoms with Gasteiger partial charge in [0.05, 0.1) is 17.9 Å². The number of aliphatic hydroxyl groups excluding tert-OH is 1. The van der Waals surface area contributed by atoms with Gasteiger partial charge in [-0.3, -0.25) is 9.59 Å². The van der Waals surface area contributed by atoms with Crippen LogP contribution in [0.25, 0.3) is 0 Å². The SMILES string of the molecule is CC(C[C@H](O)c1ccc(Cl)cc1)[C@@H]1NC(=O)[C@](C)(CC(=O)O)C[C@@H]1c1cccc(Cl)c1. The molecule has 0 radical (unpaired) electrons. The van der Waals surface area contributed by atoms with Crippen molar-refractivity contribution in [3.05, 3.63) is 69.7 Å². The van der Waals surface area contributed by atoms with Gasteiger partial charge in [0.1, 0.15) is 0 Å². The standard InChI is InChI=1S/C24H27Cl2NO4/c1-14(10-20(28)15-6-8-17(25)9-7-15)22-19(16-4-3-5-18(26)11-16)12-24(2,13-21(29)30)23(31)27-22/h3-9,11,14,19-20,22,28H,10,12-13H2,1-2H3,(H,27,31)(H,29,30)/t14?,19-,20+,22+,24+/m1/s1. The molecule has 1 saturated heterocycles. The van der Waals surface area contributed by atoms with Gasteiger partial charge in [-0.2, -0.15) is 0 Å². The van der Waals surface area contributed by atoms with Crippen LogP contribution in [0.15, 0.2) is 48.5 Å². The summed E-state index contributed by atoms with van der Waals surface area (Å²) in [4.78, 5) is 24.3. The number of aliphatic carboxylic acids is 1. The van der Waals surface area contributed by atoms with Gasteiger partial charge in [0.15, 0.2) is 0 Å². The van der Waals surface area contributed by atoms with Gasteiger partial charge >= 0.3 is 5.97 Å². The minimum absolute atomic E-state index is 0.0759. The molecule has 1 unspecified atom stereocenters. The van der Waals surface area contributed by atoms with Crippen LogP contribution in [0.4, 0.5) is 0 Å². The molecule has 1 aliphatic rings. The van der Waals surface area contributed by atoms with E-state index in [4.69, 9.17) is 23.2 Å². The van der Waals surface area contributed by atoms with Crippen molar-refractivity contribution in [2.45, 2.75) is 51.2 Å². The minimum atomic E-state index is -1.02. The predicted molar refractivity (Wildman–Crippen MR) is 121 cm³/mol. The van der Waals surface area contributed by atoms with Gasteiger partial charge in [-0.1, -0.05) is 61.3 Å². The summed E-state index contributed by atoms with van der Waals surface area (Å²) >= 11 is 12.2. The van der Waals surface area contributed by atoms with Crippen LogP contribution in [0.1, 0.15) is 56.3 Å². The highest BCUT2D eigenvalue weighted by atomic mass is 35.5. The maximum absolute atomic E-state index is 12.9. The van der Waals surface area contributed by atoms with Gasteiger partial charge in [-0.25, -0.2) is 0 Å². The van der Waals surface area contributed by atoms with E-state index in [-0.39, 0.29) is 30.2 Å². The molecule has 1 heterocycles. The third-order valence-electron chi connectivity index (χ3n) is 6.23. The summed E-state index contributed by atoms with van der Waals surface area (Å²) in [6.45, 7) is 3.68. The fraction of sp³-hybridized carbons (Fsp3) is 0.417. The van der Waals surface area contributed by atoms with E-state index in [1.807, 2.05) is 25.1 Å². The Hall–Kier alpha value is -2.08. The topological polar surface area (TPSA) is 86.6 Å². The maximum Gasteiger partial charge on any atom is 0.304 e. The Balaban J connectivity index is 1.87. The number of carbonyl (C=O) groups is 2. The van der Waals surface area contributed by atoms with Crippen molar-refractivity contribution in [1.82, 2.24) is 5.32 Å². The quantitative estimate of drug-likeness (QED) is 0.525. The predicted octanol–water partition coefficient (Wildman–Crippen LogP) is 5.21. The molecule has 31 heavy (non-hydrogen) atoms. The van der Waals surface area contributed by atoms with Crippen molar-refractivity contribution >= 4 is 35.1 Å². The molecule has 2 aromatic rings. The first-order valence-corrected chi connectivity index (χ1v) is 11.1. The Labute approximate surface area is 192 Å². The van der Waals surface area contributed by atoms with Crippen LogP contribution in [-0.2, 0) is 9.59 Å². The largest absolute Gasteiger partial charge is 0.481 e. The van der Waals surface area contributed by atoms with Crippen molar-refractivity contribution in [1.29, 1.82) is 0 Å². The number of rotatable bonds is 7. The van der Waals surface area contributed by atoms with Crippen LogP contribution in [0, 0.1) is 11.3 Å². The van der Waals surface area contributed by atoms with Crippen LogP contribution in [0.5, 0.6) is 0 Å². The normalized spacial score (nSPS) is 25.5. The van der Waals surface area contributed by atoms with Gasteiger partial charge in [0, 0.05) is 22.0 Å². The van der Waals surface area contributed by atoms with Crippen LogP contribution < -0.4 is 5.32 Å². The molecule has 0 aromatic heterocycles. The number of halogens is 2. The minimum Gasteiger partial charge on any atom is -0.481 e. The fourth-order valence-corrected chi connectivity index (χ4v) is 4.86. The Morgan fingerprint density at radius 2 is 1.87 bits per heavy atom. The zero-order valence-electron chi connectivity index (χ0n) is 17.5. The van der Waals surface area contributed by atoms with E-state index in [2.05, 4.69) is 5.32 Å². The molecule has 3 rings (SSSR count). The van der Waals surface area contributed by atoms with Gasteiger partial charge in [-0.05, 0) is 54.2 Å². The molecule has 1 aliphatic heterocycles. The van der Waals surface area contributed by atoms with Crippen LogP contribution in [0.2, 0.25) is 10.0 Å². The van der Waals surface area contributed by atoms with Crippen molar-refractivity contribution < 1.29 is 19.8 Å². The van der Waals surface area contributed by atoms with E-state index in [9.17, 15) is 19.8 Å². The smallest absolute Gasteiger partial charge is 0.304 e. The monoisotopic (exact) mass is 463 g/mol. The average Bonchev–Trinajstić information content (AvgIpc) is 2.69. The summed E-state index contributed by atoms with van der Waals surface area (Å²) in [5, 5.41) is 24.3. The van der Waals surface area contributed by atoms with E-state index in [0.717, 1.165) is 11.1 Å². The number of piperidine rings is 1. The molecular formula is C24H27Cl2NO4. The number of carboxylic acid groups (broad SMARTS) is 1. The Morgan fingerprint density at radius 3 is 2.48 bits per heavy atom. The average molecular weight is 464 g/mol. The number of amides is 1. The highest BCUT2D eigenvalue weighted by molar-refractivity contribution is 6.30. The van der Waals surface area contributed by atoms with Gasteiger partial charge < -0.3 is 15.5 Å². The zero-order valence-corrected chi connectivity index (χ0v) is 19.0. The number of benzene rings is 2. The van der Waals surface area contributed by atoms with Crippen LogP contribution in [-0.4, -0.2) is 28.1 Å². The van der Waals surface area contributed by atoms with Crippen molar-refractivity contribution in [3.8, 4) is 0 Å². The lowest BCUT2D eigenvalue weighted by Gasteiger charge is -2.44. The first-order valence-electron chi connectivity index (χ1n) is 10.3. The fourth-order valence-electron chi connectivity index (χ4n) is 4.54. The number of nitrogens with one attached hydrogen (secondary N) is 1. The highest BCUT2D eigenvalue weighted by Crippen LogP contribution is 2.44. The molecule has 3 N–H and O–H groups in total. The molecule has 1 fully saturated rings. The molecule has 5 atom stereocenters. The Kier molecular flexibility index (Phi) is 7.30. The van der Waals surface area contributed by atoms with Crippen LogP contribution >= 0.6 is 23.2 Å². The van der Waals surface area contributed by atoms with Crippen LogP contribution in [0.3, 0.4) is 0 Å². The number of carbonyl (C=O) groups excluding carboxylic acids is 1. The maximum atomic E-state index is 12.9. The lowest BCUT2D eigenvalue weighted by Crippen LogP contribution is -2.56. The number of hydrogen-bond acceptors (Lipinski definition) is 3. The third kappa shape index (κ3) is 5.59. The van der Waals surface area contributed by atoms with E-state index in [1.165, 1.54) is 0 Å². The molecule has 0 aliphatic carbocycles. The van der Waals surface area contributed by atoms with E-state index in [1.54, 1.807) is 37.3 Å². The molecule has 7 heteroatoms. The summed E-state index contributed by atoms with van der Waals surface area (Å²) in [5.74, 6) is -1.49. The van der Waals surface area contributed by atoms with Crippen molar-refractivity contribution in [2.24, 2.45) is 11.3 Å². The second kappa shape index (κ2) is 9.60. The van der Waals surface area contributed by atoms with Gasteiger partial charge in [0.25, 0.3) is 0 Å². The summed E-state index contributed by atoms with van der Waals surface area (Å²) < 4.78 is 0. The van der Waals surface area contributed by atoms with Crippen molar-refractivity contribution in [3.63, 3.8) is 0 Å². The summed E-state index contributed by atoms with van der Waals surface area (Å²) in [7, 11) is 0. The van der Waals surface area contributed by atoms with E-state index >= 15 is 0 Å². The van der Waals surface area contributed by atoms with Gasteiger partial charge in [-0.15, -0.1) is 0 Å². The second-order valence-electron chi connectivity index (χ2n) is 8.78.